The van der Waals surface area contributed by atoms with Gasteiger partial charge in [-0.2, -0.15) is 0 Å². The molecule has 7 rings (SSSR count). The van der Waals surface area contributed by atoms with Gasteiger partial charge in [0.1, 0.15) is 5.84 Å². The number of carboxylic acids is 1. The van der Waals surface area contributed by atoms with E-state index in [1.165, 1.54) is 74.3 Å². The van der Waals surface area contributed by atoms with Crippen LogP contribution in [0.1, 0.15) is 62.5 Å². The summed E-state index contributed by atoms with van der Waals surface area (Å²) < 4.78 is 23.8. The van der Waals surface area contributed by atoms with E-state index in [0.29, 0.717) is 23.5 Å². The van der Waals surface area contributed by atoms with Gasteiger partial charge in [0.2, 0.25) is 0 Å². The Kier molecular flexibility index (Phi) is 7.84. The SMILES string of the molecule is C1=C(c2ccc(C3=NC4CCCCC4N3)cc2)NC2CCCCC12.O=C(O)CS(=O)(=O)c1cccc2ccccc12. The van der Waals surface area contributed by atoms with Crippen molar-refractivity contribution in [3.05, 3.63) is 83.9 Å². The Balaban J connectivity index is 0.000000158. The average molecular weight is 572 g/mol. The molecule has 2 fully saturated rings. The van der Waals surface area contributed by atoms with Crippen LogP contribution in [0.4, 0.5) is 0 Å². The Morgan fingerprint density at radius 1 is 0.805 bits per heavy atom. The molecule has 2 aliphatic carbocycles. The zero-order chi connectivity index (χ0) is 28.4. The molecule has 214 valence electrons. The third-order valence-corrected chi connectivity index (χ3v) is 10.4. The highest BCUT2D eigenvalue weighted by Gasteiger charge is 2.32. The van der Waals surface area contributed by atoms with Gasteiger partial charge in [0.25, 0.3) is 0 Å². The number of sulfone groups is 1. The van der Waals surface area contributed by atoms with Gasteiger partial charge in [0.15, 0.2) is 15.6 Å². The highest BCUT2D eigenvalue weighted by molar-refractivity contribution is 7.92. The summed E-state index contributed by atoms with van der Waals surface area (Å²) in [4.78, 5) is 15.6. The van der Waals surface area contributed by atoms with Crippen LogP contribution >= 0.6 is 0 Å². The van der Waals surface area contributed by atoms with E-state index >= 15 is 0 Å². The Bertz CT molecular complexity index is 1530. The first-order chi connectivity index (χ1) is 19.9. The highest BCUT2D eigenvalue weighted by atomic mass is 32.2. The number of aliphatic carboxylic acids is 1. The lowest BCUT2D eigenvalue weighted by atomic mass is 9.86. The molecule has 4 unspecified atom stereocenters. The van der Waals surface area contributed by atoms with Crippen LogP contribution in [0.15, 0.2) is 82.7 Å². The standard InChI is InChI=1S/C21H27N3.C12H10O4S/c1-2-6-17-16(5-1)13-20(22-17)14-9-11-15(12-10-14)21-23-18-7-3-4-8-19(18)24-21;13-12(14)8-17(15,16)11-7-3-5-9-4-1-2-6-10(9)11/h9-13,16-19,22H,1-8H2,(H,23,24);1-7H,8H2,(H,13,14). The van der Waals surface area contributed by atoms with Crippen LogP contribution in [-0.2, 0) is 14.6 Å². The van der Waals surface area contributed by atoms with Crippen molar-refractivity contribution in [1.29, 1.82) is 0 Å². The van der Waals surface area contributed by atoms with Crippen LogP contribution in [0.25, 0.3) is 16.5 Å². The first-order valence-corrected chi connectivity index (χ1v) is 16.4. The van der Waals surface area contributed by atoms with E-state index in [1.54, 1.807) is 36.4 Å². The molecule has 8 heteroatoms. The molecule has 0 aromatic heterocycles. The highest BCUT2D eigenvalue weighted by Crippen LogP contribution is 2.34. The summed E-state index contributed by atoms with van der Waals surface area (Å²) in [5.41, 5.74) is 3.90. The quantitative estimate of drug-likeness (QED) is 0.371. The van der Waals surface area contributed by atoms with Crippen molar-refractivity contribution in [1.82, 2.24) is 10.6 Å². The molecule has 2 heterocycles. The average Bonchev–Trinajstić information content (AvgIpc) is 3.61. The maximum Gasteiger partial charge on any atom is 0.319 e. The number of fused-ring (bicyclic) bond motifs is 3. The first kappa shape index (κ1) is 27.5. The maximum atomic E-state index is 11.9. The van der Waals surface area contributed by atoms with Gasteiger partial charge in [-0.15, -0.1) is 0 Å². The molecule has 0 saturated heterocycles. The molecule has 0 bridgehead atoms. The largest absolute Gasteiger partial charge is 0.480 e. The van der Waals surface area contributed by atoms with Crippen molar-refractivity contribution in [3.8, 4) is 0 Å². The third-order valence-electron chi connectivity index (χ3n) is 8.76. The van der Waals surface area contributed by atoms with Crippen molar-refractivity contribution < 1.29 is 18.3 Å². The lowest BCUT2D eigenvalue weighted by Gasteiger charge is -2.25. The molecule has 0 spiro atoms. The summed E-state index contributed by atoms with van der Waals surface area (Å²) in [6.45, 7) is 0. The topological polar surface area (TPSA) is 108 Å². The number of aliphatic imine (C=N–C) groups is 1. The summed E-state index contributed by atoms with van der Waals surface area (Å²) in [6.07, 6.45) is 13.1. The van der Waals surface area contributed by atoms with Crippen LogP contribution < -0.4 is 10.6 Å². The van der Waals surface area contributed by atoms with E-state index in [-0.39, 0.29) is 4.90 Å². The van der Waals surface area contributed by atoms with E-state index in [9.17, 15) is 13.2 Å². The molecule has 2 saturated carbocycles. The molecular weight excluding hydrogens is 534 g/mol. The fraction of sp³-hybridized carbons (Fsp3) is 0.394. The molecule has 7 nitrogen and oxygen atoms in total. The Labute approximate surface area is 241 Å². The van der Waals surface area contributed by atoms with Crippen molar-refractivity contribution in [2.24, 2.45) is 10.9 Å². The predicted octanol–water partition coefficient (Wildman–Crippen LogP) is 5.55. The fourth-order valence-electron chi connectivity index (χ4n) is 6.67. The van der Waals surface area contributed by atoms with Crippen molar-refractivity contribution in [3.63, 3.8) is 0 Å². The monoisotopic (exact) mass is 571 g/mol. The number of rotatable bonds is 5. The Morgan fingerprint density at radius 3 is 2.24 bits per heavy atom. The van der Waals surface area contributed by atoms with Gasteiger partial charge in [-0.1, -0.05) is 92.4 Å². The summed E-state index contributed by atoms with van der Waals surface area (Å²) in [7, 11) is -3.79. The number of nitrogens with one attached hydrogen (secondary N) is 2. The number of benzene rings is 3. The van der Waals surface area contributed by atoms with Crippen molar-refractivity contribution in [2.75, 3.05) is 5.75 Å². The van der Waals surface area contributed by atoms with E-state index in [1.807, 2.05) is 0 Å². The minimum Gasteiger partial charge on any atom is -0.480 e. The minimum atomic E-state index is -3.79. The molecular formula is C33H37N3O4S. The number of nitrogens with zero attached hydrogens (tertiary/aromatic N) is 1. The van der Waals surface area contributed by atoms with Crippen LogP contribution in [0.5, 0.6) is 0 Å². The molecule has 41 heavy (non-hydrogen) atoms. The van der Waals surface area contributed by atoms with E-state index in [4.69, 9.17) is 10.1 Å². The number of carboxylic acid groups (broad SMARTS) is 1. The summed E-state index contributed by atoms with van der Waals surface area (Å²) in [5, 5.41) is 17.3. The summed E-state index contributed by atoms with van der Waals surface area (Å²) in [5.74, 6) is -0.378. The van der Waals surface area contributed by atoms with Crippen molar-refractivity contribution in [2.45, 2.75) is 74.4 Å². The normalized spacial score (nSPS) is 25.0. The van der Waals surface area contributed by atoms with Gasteiger partial charge in [-0.25, -0.2) is 8.42 Å². The van der Waals surface area contributed by atoms with Crippen LogP contribution in [-0.4, -0.2) is 49.2 Å². The van der Waals surface area contributed by atoms with Gasteiger partial charge in [0, 0.05) is 28.7 Å². The van der Waals surface area contributed by atoms with Gasteiger partial charge in [0.05, 0.1) is 10.9 Å². The van der Waals surface area contributed by atoms with Crippen LogP contribution in [0.2, 0.25) is 0 Å². The molecule has 3 N–H and O–H groups in total. The lowest BCUT2D eigenvalue weighted by molar-refractivity contribution is -0.134. The van der Waals surface area contributed by atoms with Gasteiger partial charge in [-0.05, 0) is 48.6 Å². The minimum absolute atomic E-state index is 0.0676. The molecule has 3 aromatic carbocycles. The number of hydrogen-bond donors (Lipinski definition) is 3. The second-order valence-corrected chi connectivity index (χ2v) is 13.5. The molecule has 4 atom stereocenters. The number of carbonyl (C=O) groups is 1. The lowest BCUT2D eigenvalue weighted by Crippen LogP contribution is -2.36. The zero-order valence-corrected chi connectivity index (χ0v) is 23.9. The molecule has 0 radical (unpaired) electrons. The van der Waals surface area contributed by atoms with Crippen LogP contribution in [0, 0.1) is 5.92 Å². The third kappa shape index (κ3) is 6.03. The summed E-state index contributed by atoms with van der Waals surface area (Å²) in [6, 6.07) is 22.6. The fourth-order valence-corrected chi connectivity index (χ4v) is 7.95. The molecule has 2 aliphatic heterocycles. The van der Waals surface area contributed by atoms with Crippen molar-refractivity contribution >= 4 is 38.1 Å². The second kappa shape index (κ2) is 11.7. The van der Waals surface area contributed by atoms with Crippen LogP contribution in [0.3, 0.4) is 0 Å². The summed E-state index contributed by atoms with van der Waals surface area (Å²) >= 11 is 0. The smallest absolute Gasteiger partial charge is 0.319 e. The zero-order valence-electron chi connectivity index (χ0n) is 23.1. The second-order valence-electron chi connectivity index (χ2n) is 11.6. The number of amidine groups is 1. The van der Waals surface area contributed by atoms with E-state index in [0.717, 1.165) is 17.1 Å². The Hall–Kier alpha value is -3.65. The number of hydrogen-bond acceptors (Lipinski definition) is 6. The molecule has 4 aliphatic rings. The molecule has 0 amide bonds. The van der Waals surface area contributed by atoms with E-state index < -0.39 is 21.6 Å². The first-order valence-electron chi connectivity index (χ1n) is 14.7. The van der Waals surface area contributed by atoms with E-state index in [2.05, 4.69) is 41.0 Å². The molecule has 3 aromatic rings. The predicted molar refractivity (Wildman–Crippen MR) is 163 cm³/mol. The maximum absolute atomic E-state index is 11.9. The Morgan fingerprint density at radius 2 is 1.49 bits per heavy atom. The van der Waals surface area contributed by atoms with Gasteiger partial charge >= 0.3 is 5.97 Å². The van der Waals surface area contributed by atoms with Gasteiger partial charge < -0.3 is 15.7 Å². The van der Waals surface area contributed by atoms with Gasteiger partial charge in [-0.3, -0.25) is 9.79 Å².